The van der Waals surface area contributed by atoms with Crippen LogP contribution in [-0.4, -0.2) is 263 Å². The van der Waals surface area contributed by atoms with Crippen LogP contribution in [0.3, 0.4) is 0 Å². The highest BCUT2D eigenvalue weighted by molar-refractivity contribution is 7.42. The summed E-state index contributed by atoms with van der Waals surface area (Å²) in [5.74, 6) is -2.41. The lowest BCUT2D eigenvalue weighted by molar-refractivity contribution is -0.0605. The second-order valence-corrected chi connectivity index (χ2v) is 45.3. The number of halogens is 4. The van der Waals surface area contributed by atoms with Gasteiger partial charge in [0.1, 0.15) is 104 Å². The van der Waals surface area contributed by atoms with Gasteiger partial charge in [0.25, 0.3) is 22.9 Å². The van der Waals surface area contributed by atoms with Gasteiger partial charge < -0.3 is 123 Å². The molecule has 0 aliphatic carbocycles. The number of aromatic amines is 2. The maximum atomic E-state index is 17.1. The third kappa shape index (κ3) is 21.0. The fourth-order valence-electron chi connectivity index (χ4n) is 13.7. The van der Waals surface area contributed by atoms with Crippen LogP contribution in [0.25, 0.3) is 58.9 Å². The molecular formula is C77H90B2F4N19O21P3Si2. The first-order valence-corrected chi connectivity index (χ1v) is 48.7. The Hall–Kier alpha value is -9.32. The number of amides is 2. The highest BCUT2D eigenvalue weighted by Crippen LogP contribution is 2.55. The van der Waals surface area contributed by atoms with Gasteiger partial charge in [0.15, 0.2) is 111 Å². The molecule has 0 saturated carbocycles. The largest absolute Gasteiger partial charge is 0.407 e. The van der Waals surface area contributed by atoms with Crippen LogP contribution in [0.2, 0.25) is 36.3 Å². The Balaban J connectivity index is 0.000000230. The van der Waals surface area contributed by atoms with E-state index >= 15 is 17.6 Å². The van der Waals surface area contributed by atoms with Crippen molar-refractivity contribution in [2.45, 2.75) is 176 Å². The molecule has 40 nitrogen and oxygen atoms in total. The van der Waals surface area contributed by atoms with Gasteiger partial charge in [-0.2, -0.15) is 0 Å². The summed E-state index contributed by atoms with van der Waals surface area (Å²) >= 11 is 0. The van der Waals surface area contributed by atoms with Crippen molar-refractivity contribution in [2.75, 3.05) is 76.5 Å². The van der Waals surface area contributed by atoms with Gasteiger partial charge in [0.2, 0.25) is 19.6 Å². The van der Waals surface area contributed by atoms with Crippen LogP contribution >= 0.6 is 25.8 Å². The monoisotopic (exact) mass is 1860 g/mol. The Labute approximate surface area is 738 Å². The molecule has 15 rings (SSSR count). The highest BCUT2D eigenvalue weighted by Gasteiger charge is 2.58. The van der Waals surface area contributed by atoms with Crippen LogP contribution in [0.5, 0.6) is 0 Å². The van der Waals surface area contributed by atoms with E-state index in [0.29, 0.717) is 11.1 Å². The topological polar surface area (TPSA) is 439 Å². The van der Waals surface area contributed by atoms with E-state index in [1.54, 1.807) is 60.7 Å². The second-order valence-electron chi connectivity index (χ2n) is 32.3. The number of rotatable bonds is 27. The number of aliphatic hydroxyl groups excluding tert-OH is 2. The fourth-order valence-corrected chi connectivity index (χ4v) is 19.7. The van der Waals surface area contributed by atoms with Crippen molar-refractivity contribution in [1.29, 1.82) is 0 Å². The molecule has 13 heterocycles. The quantitative estimate of drug-likeness (QED) is 0.00916. The number of nitrogens with one attached hydrogen (secondary N) is 4. The molecule has 51 heteroatoms. The van der Waals surface area contributed by atoms with Gasteiger partial charge >= 0.3 is 25.8 Å². The molecule has 6 radical (unpaired) electrons. The Kier molecular flexibility index (Phi) is 31.9. The van der Waals surface area contributed by atoms with Gasteiger partial charge in [-0.1, -0.05) is 77.9 Å². The number of alkyl halides is 2. The third-order valence-electron chi connectivity index (χ3n) is 22.1. The number of aromatic nitrogens is 14. The van der Waals surface area contributed by atoms with Gasteiger partial charge in [0, 0.05) is 40.3 Å². The second kappa shape index (κ2) is 41.8. The first-order chi connectivity index (χ1) is 60.3. The first kappa shape index (κ1) is 97.7. The van der Waals surface area contributed by atoms with Gasteiger partial charge in [-0.3, -0.25) is 28.3 Å². The Morgan fingerprint density at radius 3 is 1.51 bits per heavy atom. The van der Waals surface area contributed by atoms with Crippen LogP contribution < -0.4 is 21.8 Å². The van der Waals surface area contributed by atoms with Crippen molar-refractivity contribution in [3.8, 4) is 0 Å². The number of fused-ring (bicyclic) bond motifs is 6. The molecule has 10 aromatic rings. The van der Waals surface area contributed by atoms with E-state index in [1.165, 1.54) is 43.6 Å². The summed E-state index contributed by atoms with van der Waals surface area (Å²) in [7, 11) is -12.7. The minimum atomic E-state index is -2.74. The molecule has 2 aromatic carbocycles. The maximum absolute atomic E-state index is 17.1. The molecule has 5 aliphatic rings. The van der Waals surface area contributed by atoms with Crippen molar-refractivity contribution in [1.82, 2.24) is 68.1 Å². The summed E-state index contributed by atoms with van der Waals surface area (Å²) in [5.41, 5.74) is -0.0938. The summed E-state index contributed by atoms with van der Waals surface area (Å²) in [4.78, 5) is 100. The highest BCUT2D eigenvalue weighted by atomic mass is 31.2. The van der Waals surface area contributed by atoms with E-state index in [1.807, 2.05) is 67.7 Å². The number of nitrogens with zero attached hydrogens (tertiary/aromatic N) is 15. The molecule has 2 amide bonds. The van der Waals surface area contributed by atoms with E-state index in [0.717, 1.165) is 25.0 Å². The van der Waals surface area contributed by atoms with Gasteiger partial charge in [0.05, 0.1) is 51.7 Å². The van der Waals surface area contributed by atoms with E-state index in [9.17, 15) is 29.4 Å². The third-order valence-corrected chi connectivity index (χ3v) is 34.6. The van der Waals surface area contributed by atoms with Crippen molar-refractivity contribution < 1.29 is 106 Å². The van der Waals surface area contributed by atoms with Crippen LogP contribution in [-0.2, 0) is 68.5 Å². The maximum Gasteiger partial charge on any atom is 0.333 e. The minimum Gasteiger partial charge on any atom is -0.407 e. The zero-order valence-corrected chi connectivity index (χ0v) is 75.3. The number of carbonyl (C=O) groups is 2. The van der Waals surface area contributed by atoms with Crippen LogP contribution in [0.1, 0.15) is 87.2 Å². The van der Waals surface area contributed by atoms with Gasteiger partial charge in [-0.15, -0.1) is 0 Å². The van der Waals surface area contributed by atoms with Crippen molar-refractivity contribution >= 4 is 127 Å². The summed E-state index contributed by atoms with van der Waals surface area (Å²) < 4.78 is 164. The van der Waals surface area contributed by atoms with E-state index in [-0.39, 0.29) is 136 Å². The molecule has 0 spiro atoms. The van der Waals surface area contributed by atoms with Gasteiger partial charge in [-0.25, -0.2) is 77.1 Å². The number of carbonyl (C=O) groups excluding carboxylic acids is 2. The zero-order valence-electron chi connectivity index (χ0n) is 70.6. The zero-order chi connectivity index (χ0) is 89.7. The van der Waals surface area contributed by atoms with Crippen molar-refractivity contribution in [3.63, 3.8) is 0 Å². The predicted molar refractivity (Wildman–Crippen MR) is 460 cm³/mol. The normalized spacial score (nSPS) is 25.9. The number of aliphatic hydroxyl groups is 2. The van der Waals surface area contributed by atoms with E-state index in [2.05, 4.69) is 75.0 Å². The van der Waals surface area contributed by atoms with Crippen LogP contribution in [0, 0.1) is 31.4 Å². The molecule has 7 unspecified atom stereocenters. The number of imidazole rings is 2. The van der Waals surface area contributed by atoms with Gasteiger partial charge in [-0.05, 0) is 60.5 Å². The summed E-state index contributed by atoms with van der Waals surface area (Å²) in [6.07, 6.45) is -11.7. The number of hydrogen-bond donors (Lipinski definition) is 6. The standard InChI is InChI=1S/C40H46F2N10O11P2Si.C37H44F2N9O10PSi.2B/c1-40(2,3)66(6,7)63-32-31-26(60-39(32)51-17-24(41)27-34(51)46-21-48-37(27)54)19-58-64(55-15-13-43-4)61-30-25(18-57-65(62-31)56-16-14-44-5)59-38(28(30)42)52-22-49-29-33(45-20-47-35(29)52)50-36(53)23-11-9-8-10-12-23;1-37(2,3)60(5,6)58-29-28(22(15-49)55-36(29)47-14-21(38)24-31(47)42-18-44-34(24)52)57-59(53-13-12-40-4)54-16-23-27(50)25(39)35(56-23)48-19-45-26-30(41-17-43-32(26)48)46-33(51)20-10-8-7-9-11-20;;/h8-12,17,20-22,25-26,28,30-32,38-39H,13-16,18-19H2,1-3,6-7H3,(H,46,48,54)(H,45,47,50,53);7-11,14,17-19,22-23,25,27-29,35-36,49-50H,12-13,15-16H2,1-3,5-6H3,(H,42,44,52)(H,41,43,46,51);;/t25-,26-,28+,30?,31?,32+,38-,39-,64?,65?;22-,23-,25+,27?,28?,29+,35-,36-,59?;;/m11../s1. The lowest BCUT2D eigenvalue weighted by atomic mass is 10.1. The van der Waals surface area contributed by atoms with Crippen LogP contribution in [0.15, 0.2) is 121 Å². The average Bonchev–Trinajstić information content (AvgIpc) is 1.58. The van der Waals surface area contributed by atoms with Crippen molar-refractivity contribution in [2.24, 2.45) is 0 Å². The smallest absolute Gasteiger partial charge is 0.333 e. The SMILES string of the molecule is [B].[B].[C-]#[N+]CCOP(OC[C@H]1O[C@@H](n2cnc3c(NC(=O)c4ccccc4)ncnc32)[C@@H](F)C1O)OC1[C@@H](CO)O[C@@H](n2cc(F)c3c(=O)[nH]cnc32)[C@H]1O[Si](C)(C)C(C)(C)C.[C-]#[N+]CCOP1OC[C@H]2O[C@@H](n3cc(F)c4c(=O)[nH]cnc43)[C@@H](O[Si](C)(C)C(C)(C)C)C2OP(OCC[N+]#[C-])OC[C@H]2O[C@@H](n3cnc4c(NC(=O)c5ccccc5)ncnc43)[C@@H](F)C2O1. The number of H-pyrrole nitrogens is 2. The Morgan fingerprint density at radius 1 is 0.578 bits per heavy atom. The molecule has 5 aliphatic heterocycles. The predicted octanol–water partition coefficient (Wildman–Crippen LogP) is 10.3. The van der Waals surface area contributed by atoms with E-state index in [4.69, 9.17) is 88.2 Å². The number of anilines is 2. The lowest BCUT2D eigenvalue weighted by Crippen LogP contribution is -2.49. The summed E-state index contributed by atoms with van der Waals surface area (Å²) in [6, 6.07) is 16.9. The Morgan fingerprint density at radius 2 is 1.02 bits per heavy atom. The van der Waals surface area contributed by atoms with E-state index < -0.39 is 189 Å². The molecule has 8 aromatic heterocycles. The summed E-state index contributed by atoms with van der Waals surface area (Å²) in [6.45, 7) is 39.8. The minimum absolute atomic E-state index is 0. The van der Waals surface area contributed by atoms with Crippen molar-refractivity contribution in [3.05, 3.63) is 189 Å². The molecule has 676 valence electrons. The fraction of sp³-hybridized carbons (Fsp3) is 0.494. The van der Waals surface area contributed by atoms with Crippen LogP contribution in [0.4, 0.5) is 29.2 Å². The molecule has 6 N–H and O–H groups in total. The summed E-state index contributed by atoms with van der Waals surface area (Å²) in [5, 5.41) is 25.8. The number of ether oxygens (including phenoxy) is 4. The molecule has 19 atom stereocenters. The molecular weight excluding hydrogens is 1770 g/mol. The molecule has 128 heavy (non-hydrogen) atoms. The average molecular weight is 1860 g/mol. The molecule has 0 bridgehead atoms. The molecule has 5 fully saturated rings. The lowest BCUT2D eigenvalue weighted by Gasteiger charge is -2.41. The number of hydrogen-bond acceptors (Lipinski definition) is 29. The Bertz CT molecular complexity index is 5780. The molecule has 5 saturated heterocycles. The first-order valence-electron chi connectivity index (χ1n) is 39.6. The number of benzene rings is 2.